The number of aliphatic carboxylic acids is 1. The Morgan fingerprint density at radius 2 is 1.42 bits per heavy atom. The molecule has 21 nitrogen and oxygen atoms in total. The number of aliphatic hydroxyl groups excluding tert-OH is 4. The molecule has 0 aromatic rings. The fourth-order valence-electron chi connectivity index (χ4n) is 3.24. The standard InChI is InChI=1S/C12H21NO20S3/c14-4-3(13-34(20,21)22)11(19)30-2(1-29-35(23,24)25)7(4)31-12-9(33-36(26,27)28)6(16)5(15)8(32-12)10(17)18/h2-9,11-16,19H,1H2,(H,17,18)(H,20,21,22)(H,23,24,25)(H,26,27,28)/t2-,3-,4-,5-,6+,7-,8-,9-,11+,12+/m1/s1. The van der Waals surface area contributed by atoms with Crippen molar-refractivity contribution in [2.24, 2.45) is 0 Å². The van der Waals surface area contributed by atoms with Crippen LogP contribution in [0, 0.1) is 0 Å². The number of carboxylic acids is 1. The van der Waals surface area contributed by atoms with Crippen LogP contribution in [0.3, 0.4) is 0 Å². The third kappa shape index (κ3) is 8.41. The first-order chi connectivity index (χ1) is 16.2. The number of hydrogen-bond acceptors (Lipinski definition) is 16. The van der Waals surface area contributed by atoms with E-state index in [1.165, 1.54) is 4.72 Å². The van der Waals surface area contributed by atoms with Crippen molar-refractivity contribution < 1.29 is 91.8 Å². The minimum Gasteiger partial charge on any atom is -0.479 e. The molecular formula is C12H21NO20S3. The van der Waals surface area contributed by atoms with Crippen molar-refractivity contribution in [2.75, 3.05) is 6.61 Å². The lowest BCUT2D eigenvalue weighted by atomic mass is 9.96. The van der Waals surface area contributed by atoms with E-state index in [1.807, 2.05) is 0 Å². The molecule has 0 radical (unpaired) electrons. The highest BCUT2D eigenvalue weighted by molar-refractivity contribution is 7.83. The van der Waals surface area contributed by atoms with Crippen LogP contribution in [0.2, 0.25) is 0 Å². The molecule has 2 aliphatic heterocycles. The zero-order valence-corrected chi connectivity index (χ0v) is 19.6. The number of carboxylic acid groups (broad SMARTS) is 1. The van der Waals surface area contributed by atoms with Crippen LogP contribution in [-0.4, -0.2) is 138 Å². The van der Waals surface area contributed by atoms with Gasteiger partial charge < -0.3 is 39.7 Å². The summed E-state index contributed by atoms with van der Waals surface area (Å²) in [5.74, 6) is -1.94. The van der Waals surface area contributed by atoms with Crippen LogP contribution in [0.15, 0.2) is 0 Å². The molecule has 2 rings (SSSR count). The molecule has 2 heterocycles. The van der Waals surface area contributed by atoms with Gasteiger partial charge in [0.2, 0.25) is 0 Å². The number of rotatable bonds is 10. The molecule has 10 atom stereocenters. The van der Waals surface area contributed by atoms with E-state index in [-0.39, 0.29) is 0 Å². The van der Waals surface area contributed by atoms with Gasteiger partial charge in [0.05, 0.1) is 6.61 Å². The van der Waals surface area contributed by atoms with E-state index in [9.17, 15) is 50.5 Å². The fraction of sp³-hybridized carbons (Fsp3) is 0.917. The Labute approximate surface area is 201 Å². The molecule has 2 fully saturated rings. The molecule has 212 valence electrons. The van der Waals surface area contributed by atoms with Crippen molar-refractivity contribution in [2.45, 2.75) is 61.3 Å². The van der Waals surface area contributed by atoms with Gasteiger partial charge in [-0.3, -0.25) is 13.7 Å². The summed E-state index contributed by atoms with van der Waals surface area (Å²) in [6, 6.07) is -2.19. The molecule has 0 amide bonds. The van der Waals surface area contributed by atoms with Crippen LogP contribution in [0.4, 0.5) is 0 Å². The molecule has 0 saturated carbocycles. The second kappa shape index (κ2) is 11.3. The minimum atomic E-state index is -5.47. The molecule has 0 unspecified atom stereocenters. The summed E-state index contributed by atoms with van der Waals surface area (Å²) in [7, 11) is -15.8. The second-order valence-corrected chi connectivity index (χ2v) is 10.5. The summed E-state index contributed by atoms with van der Waals surface area (Å²) >= 11 is 0. The van der Waals surface area contributed by atoms with Gasteiger partial charge in [0, 0.05) is 0 Å². The lowest BCUT2D eigenvalue weighted by molar-refractivity contribution is -0.336. The predicted octanol–water partition coefficient (Wildman–Crippen LogP) is -6.25. The Balaban J connectivity index is 2.46. The maximum atomic E-state index is 11.3. The first-order valence-corrected chi connectivity index (χ1v) is 13.3. The fourth-order valence-corrected chi connectivity index (χ4v) is 4.63. The van der Waals surface area contributed by atoms with Gasteiger partial charge in [-0.05, 0) is 0 Å². The third-order valence-corrected chi connectivity index (χ3v) is 6.14. The van der Waals surface area contributed by atoms with Gasteiger partial charge in [0.1, 0.15) is 36.6 Å². The van der Waals surface area contributed by atoms with Crippen LogP contribution in [0.5, 0.6) is 0 Å². The number of hydrogen-bond donors (Lipinski definition) is 9. The van der Waals surface area contributed by atoms with Gasteiger partial charge in [-0.15, -0.1) is 0 Å². The molecule has 0 aromatic carbocycles. The number of aliphatic hydroxyl groups is 4. The summed E-state index contributed by atoms with van der Waals surface area (Å²) < 4.78 is 118. The van der Waals surface area contributed by atoms with E-state index in [0.29, 0.717) is 0 Å². The van der Waals surface area contributed by atoms with E-state index >= 15 is 0 Å². The van der Waals surface area contributed by atoms with E-state index in [1.54, 1.807) is 0 Å². The highest BCUT2D eigenvalue weighted by atomic mass is 32.3. The van der Waals surface area contributed by atoms with E-state index in [4.69, 9.17) is 33.0 Å². The number of nitrogens with one attached hydrogen (secondary N) is 1. The lowest BCUT2D eigenvalue weighted by Gasteiger charge is -2.46. The Bertz CT molecular complexity index is 1100. The largest absolute Gasteiger partial charge is 0.479 e. The molecule has 24 heteroatoms. The molecule has 0 aliphatic carbocycles. The molecule has 0 aromatic heterocycles. The number of carbonyl (C=O) groups is 1. The molecule has 2 saturated heterocycles. The quantitative estimate of drug-likeness (QED) is 0.106. The Morgan fingerprint density at radius 3 is 1.89 bits per heavy atom. The highest BCUT2D eigenvalue weighted by Gasteiger charge is 2.54. The van der Waals surface area contributed by atoms with Gasteiger partial charge >= 0.3 is 37.1 Å². The number of ether oxygens (including phenoxy) is 3. The average Bonchev–Trinajstić information content (AvgIpc) is 2.68. The van der Waals surface area contributed by atoms with E-state index in [0.717, 1.165) is 0 Å². The van der Waals surface area contributed by atoms with Crippen molar-refractivity contribution in [1.29, 1.82) is 0 Å². The summed E-state index contributed by atoms with van der Waals surface area (Å²) in [4.78, 5) is 11.3. The first kappa shape index (κ1) is 31.0. The molecule has 36 heavy (non-hydrogen) atoms. The van der Waals surface area contributed by atoms with Gasteiger partial charge in [0.25, 0.3) is 0 Å². The Morgan fingerprint density at radius 1 is 0.833 bits per heavy atom. The van der Waals surface area contributed by atoms with Crippen molar-refractivity contribution in [3.05, 3.63) is 0 Å². The Hall–Kier alpha value is -1.20. The molecule has 0 spiro atoms. The maximum absolute atomic E-state index is 11.3. The summed E-state index contributed by atoms with van der Waals surface area (Å²) in [5, 5.41) is 49.7. The van der Waals surface area contributed by atoms with E-state index < -0.39 is 105 Å². The van der Waals surface area contributed by atoms with Crippen molar-refractivity contribution in [1.82, 2.24) is 4.72 Å². The summed E-state index contributed by atoms with van der Waals surface area (Å²) in [5.41, 5.74) is 0. The first-order valence-electron chi connectivity index (χ1n) is 9.14. The predicted molar refractivity (Wildman–Crippen MR) is 102 cm³/mol. The second-order valence-electron chi connectivity index (χ2n) is 7.22. The monoisotopic (exact) mass is 595 g/mol. The molecule has 2 aliphatic rings. The average molecular weight is 595 g/mol. The zero-order valence-electron chi connectivity index (χ0n) is 17.2. The van der Waals surface area contributed by atoms with Crippen LogP contribution < -0.4 is 4.72 Å². The van der Waals surface area contributed by atoms with Gasteiger partial charge in [-0.2, -0.15) is 30.0 Å². The van der Waals surface area contributed by atoms with Crippen LogP contribution in [0.1, 0.15) is 0 Å². The maximum Gasteiger partial charge on any atom is 0.397 e. The molecular weight excluding hydrogens is 574 g/mol. The summed E-state index contributed by atoms with van der Waals surface area (Å²) in [6.45, 7) is -1.29. The van der Waals surface area contributed by atoms with Crippen LogP contribution >= 0.6 is 0 Å². The smallest absolute Gasteiger partial charge is 0.397 e. The third-order valence-electron chi connectivity index (χ3n) is 4.67. The Kier molecular flexibility index (Phi) is 9.71. The van der Waals surface area contributed by atoms with Gasteiger partial charge in [-0.25, -0.2) is 13.2 Å². The van der Waals surface area contributed by atoms with Crippen LogP contribution in [-0.2, 0) is 58.5 Å². The SMILES string of the molecule is O=C(O)[C@@H]1O[C@H](O[C@H]2[C@H](O)[C@@H](NS(=O)(=O)O)[C@@H](O)O[C@@H]2COS(=O)(=O)O)[C@H](OS(=O)(=O)O)[C@@H](O)[C@H]1O. The molecule has 0 bridgehead atoms. The van der Waals surface area contributed by atoms with Gasteiger partial charge in [-0.1, -0.05) is 0 Å². The van der Waals surface area contributed by atoms with Crippen molar-refractivity contribution in [3.8, 4) is 0 Å². The van der Waals surface area contributed by atoms with Gasteiger partial charge in [0.15, 0.2) is 24.8 Å². The lowest BCUT2D eigenvalue weighted by Crippen LogP contribution is -2.67. The van der Waals surface area contributed by atoms with Crippen molar-refractivity contribution in [3.63, 3.8) is 0 Å². The highest BCUT2D eigenvalue weighted by Crippen LogP contribution is 2.31. The minimum absolute atomic E-state index is 1.29. The van der Waals surface area contributed by atoms with E-state index in [2.05, 4.69) is 8.37 Å². The zero-order chi connectivity index (χ0) is 27.8. The summed E-state index contributed by atoms with van der Waals surface area (Å²) in [6.07, 6.45) is -21.1. The topological polar surface area (TPSA) is 340 Å². The van der Waals surface area contributed by atoms with Crippen LogP contribution in [0.25, 0.3) is 0 Å². The van der Waals surface area contributed by atoms with Crippen molar-refractivity contribution >= 4 is 37.1 Å². The normalized spacial score (nSPS) is 38.5. The molecule has 9 N–H and O–H groups in total.